The summed E-state index contributed by atoms with van der Waals surface area (Å²) >= 11 is 0. The minimum Gasteiger partial charge on any atom is -0.619 e. The van der Waals surface area contributed by atoms with Crippen LogP contribution in [0.4, 0.5) is 0 Å². The fraction of sp³-hybridized carbons (Fsp3) is 0.133. The van der Waals surface area contributed by atoms with Crippen molar-refractivity contribution in [2.24, 2.45) is 0 Å². The number of aryl methyl sites for hydroxylation is 1. The molecular formula is C15H15N3O4. The molecule has 0 saturated carbocycles. The van der Waals surface area contributed by atoms with Crippen molar-refractivity contribution in [3.05, 3.63) is 65.1 Å². The van der Waals surface area contributed by atoms with Gasteiger partial charge in [-0.1, -0.05) is 12.1 Å². The van der Waals surface area contributed by atoms with Gasteiger partial charge in [0, 0.05) is 12.1 Å². The average molecular weight is 301 g/mol. The molecule has 114 valence electrons. The summed E-state index contributed by atoms with van der Waals surface area (Å²) in [4.78, 5) is 23.3. The molecule has 0 saturated heterocycles. The van der Waals surface area contributed by atoms with Crippen LogP contribution < -0.4 is 20.3 Å². The smallest absolute Gasteiger partial charge is 0.276 e. The Bertz CT molecular complexity index is 671. The molecule has 7 heteroatoms. The van der Waals surface area contributed by atoms with Gasteiger partial charge in [0.1, 0.15) is 5.75 Å². The largest absolute Gasteiger partial charge is 0.619 e. The Morgan fingerprint density at radius 1 is 1.18 bits per heavy atom. The number of hydrogen-bond donors (Lipinski definition) is 2. The van der Waals surface area contributed by atoms with Gasteiger partial charge in [-0.2, -0.15) is 4.73 Å². The van der Waals surface area contributed by atoms with Gasteiger partial charge in [0.05, 0.1) is 5.56 Å². The number of aromatic nitrogens is 1. The summed E-state index contributed by atoms with van der Waals surface area (Å²) in [6, 6.07) is 9.96. The zero-order chi connectivity index (χ0) is 15.9. The van der Waals surface area contributed by atoms with Crippen LogP contribution in [0.1, 0.15) is 15.9 Å². The van der Waals surface area contributed by atoms with Gasteiger partial charge in [-0.3, -0.25) is 20.4 Å². The minimum atomic E-state index is -0.524. The number of carbonyl (C=O) groups is 2. The van der Waals surface area contributed by atoms with E-state index in [1.807, 2.05) is 19.1 Å². The second kappa shape index (κ2) is 7.07. The second-order valence-corrected chi connectivity index (χ2v) is 4.55. The molecule has 0 radical (unpaired) electrons. The third-order valence-corrected chi connectivity index (χ3v) is 2.74. The average Bonchev–Trinajstić information content (AvgIpc) is 2.51. The zero-order valence-electron chi connectivity index (χ0n) is 11.9. The van der Waals surface area contributed by atoms with Gasteiger partial charge < -0.3 is 9.94 Å². The van der Waals surface area contributed by atoms with E-state index >= 15 is 0 Å². The highest BCUT2D eigenvalue weighted by atomic mass is 16.5. The summed E-state index contributed by atoms with van der Waals surface area (Å²) < 4.78 is 5.85. The maximum Gasteiger partial charge on any atom is 0.276 e. The molecule has 2 aromatic rings. The molecule has 0 aliphatic carbocycles. The van der Waals surface area contributed by atoms with E-state index in [2.05, 4.69) is 10.9 Å². The molecule has 1 heterocycles. The molecule has 0 aliphatic heterocycles. The predicted octanol–water partition coefficient (Wildman–Crippen LogP) is 0.468. The standard InChI is InChI=1S/C15H15N3O4/c1-11-3-2-4-13(9-11)22-10-14(19)16-17-15(20)12-5-7-18(21)8-6-12/h2-9H,10H2,1H3,(H,16,19)(H,17,20). The van der Waals surface area contributed by atoms with Crippen LogP contribution in [0.25, 0.3) is 0 Å². The van der Waals surface area contributed by atoms with Crippen LogP contribution in [0.15, 0.2) is 48.8 Å². The molecule has 2 rings (SSSR count). The lowest BCUT2D eigenvalue weighted by molar-refractivity contribution is -0.605. The van der Waals surface area contributed by atoms with Gasteiger partial charge in [0.25, 0.3) is 11.8 Å². The Labute approximate surface area is 127 Å². The molecule has 22 heavy (non-hydrogen) atoms. The number of hydrogen-bond acceptors (Lipinski definition) is 4. The van der Waals surface area contributed by atoms with Crippen molar-refractivity contribution in [3.8, 4) is 5.75 Å². The molecule has 2 amide bonds. The number of pyridine rings is 1. The van der Waals surface area contributed by atoms with Crippen molar-refractivity contribution in [2.45, 2.75) is 6.92 Å². The Morgan fingerprint density at radius 2 is 1.91 bits per heavy atom. The summed E-state index contributed by atoms with van der Waals surface area (Å²) in [5, 5.41) is 10.9. The van der Waals surface area contributed by atoms with Gasteiger partial charge in [0.15, 0.2) is 19.0 Å². The molecule has 1 aromatic heterocycles. The van der Waals surface area contributed by atoms with E-state index in [9.17, 15) is 14.8 Å². The lowest BCUT2D eigenvalue weighted by Crippen LogP contribution is -2.44. The molecule has 0 unspecified atom stereocenters. The van der Waals surface area contributed by atoms with Crippen LogP contribution in [0, 0.1) is 12.1 Å². The first kappa shape index (κ1) is 15.3. The predicted molar refractivity (Wildman–Crippen MR) is 77.7 cm³/mol. The summed E-state index contributed by atoms with van der Waals surface area (Å²) in [6.07, 6.45) is 2.38. The highest BCUT2D eigenvalue weighted by Gasteiger charge is 2.08. The minimum absolute atomic E-state index is 0.223. The third-order valence-electron chi connectivity index (χ3n) is 2.74. The number of rotatable bonds is 4. The van der Waals surface area contributed by atoms with E-state index in [0.717, 1.165) is 5.56 Å². The van der Waals surface area contributed by atoms with Crippen molar-refractivity contribution >= 4 is 11.8 Å². The van der Waals surface area contributed by atoms with Crippen LogP contribution >= 0.6 is 0 Å². The fourth-order valence-corrected chi connectivity index (χ4v) is 1.65. The van der Waals surface area contributed by atoms with E-state index < -0.39 is 11.8 Å². The van der Waals surface area contributed by atoms with Crippen LogP contribution in [0.2, 0.25) is 0 Å². The molecular weight excluding hydrogens is 286 g/mol. The maximum absolute atomic E-state index is 11.7. The van der Waals surface area contributed by atoms with Crippen molar-refractivity contribution < 1.29 is 19.1 Å². The molecule has 0 aliphatic rings. The van der Waals surface area contributed by atoms with E-state index in [1.54, 1.807) is 12.1 Å². The summed E-state index contributed by atoms with van der Waals surface area (Å²) in [5.41, 5.74) is 5.74. The monoisotopic (exact) mass is 301 g/mol. The van der Waals surface area contributed by atoms with Crippen LogP contribution in [0.5, 0.6) is 5.75 Å². The number of hydrazine groups is 1. The lowest BCUT2D eigenvalue weighted by atomic mass is 10.2. The molecule has 7 nitrogen and oxygen atoms in total. The van der Waals surface area contributed by atoms with Crippen LogP contribution in [0.3, 0.4) is 0 Å². The molecule has 0 fully saturated rings. The van der Waals surface area contributed by atoms with Crippen molar-refractivity contribution in [2.75, 3.05) is 6.61 Å². The summed E-state index contributed by atoms with van der Waals surface area (Å²) in [5.74, 6) is -0.446. The van der Waals surface area contributed by atoms with Crippen molar-refractivity contribution in [1.29, 1.82) is 0 Å². The Morgan fingerprint density at radius 3 is 2.59 bits per heavy atom. The molecule has 0 bridgehead atoms. The zero-order valence-corrected chi connectivity index (χ0v) is 11.9. The van der Waals surface area contributed by atoms with E-state index in [4.69, 9.17) is 4.74 Å². The molecule has 0 atom stereocenters. The Balaban J connectivity index is 1.78. The fourth-order valence-electron chi connectivity index (χ4n) is 1.65. The Hall–Kier alpha value is -3.09. The maximum atomic E-state index is 11.7. The highest BCUT2D eigenvalue weighted by molar-refractivity contribution is 5.95. The topological polar surface area (TPSA) is 94.4 Å². The molecule has 0 spiro atoms. The SMILES string of the molecule is Cc1cccc(OCC(=O)NNC(=O)c2cc[n+]([O-])cc2)c1. The lowest BCUT2D eigenvalue weighted by Gasteiger charge is -2.09. The number of ether oxygens (including phenoxy) is 1. The number of nitrogens with zero attached hydrogens (tertiary/aromatic N) is 1. The van der Waals surface area contributed by atoms with E-state index in [0.29, 0.717) is 10.5 Å². The number of nitrogens with one attached hydrogen (secondary N) is 2. The van der Waals surface area contributed by atoms with E-state index in [1.165, 1.54) is 24.5 Å². The first-order valence-electron chi connectivity index (χ1n) is 6.52. The quantitative estimate of drug-likeness (QED) is 0.487. The number of carbonyl (C=O) groups excluding carboxylic acids is 2. The van der Waals surface area contributed by atoms with E-state index in [-0.39, 0.29) is 12.2 Å². The normalized spacial score (nSPS) is 9.86. The first-order valence-corrected chi connectivity index (χ1v) is 6.52. The van der Waals surface area contributed by atoms with Gasteiger partial charge in [-0.25, -0.2) is 0 Å². The summed E-state index contributed by atoms with van der Waals surface area (Å²) in [6.45, 7) is 1.69. The number of benzene rings is 1. The second-order valence-electron chi connectivity index (χ2n) is 4.55. The van der Waals surface area contributed by atoms with Crippen molar-refractivity contribution in [3.63, 3.8) is 0 Å². The molecule has 1 aromatic carbocycles. The van der Waals surface area contributed by atoms with Gasteiger partial charge >= 0.3 is 0 Å². The summed E-state index contributed by atoms with van der Waals surface area (Å²) in [7, 11) is 0. The molecule has 2 N–H and O–H groups in total. The van der Waals surface area contributed by atoms with Gasteiger partial charge in [0.2, 0.25) is 0 Å². The first-order chi connectivity index (χ1) is 10.5. The Kier molecular flexibility index (Phi) is 4.92. The highest BCUT2D eigenvalue weighted by Crippen LogP contribution is 2.11. The third kappa shape index (κ3) is 4.48. The number of amides is 2. The van der Waals surface area contributed by atoms with Crippen LogP contribution in [-0.4, -0.2) is 18.4 Å². The van der Waals surface area contributed by atoms with Crippen LogP contribution in [-0.2, 0) is 4.79 Å². The van der Waals surface area contributed by atoms with Gasteiger partial charge in [-0.15, -0.1) is 0 Å². The van der Waals surface area contributed by atoms with Crippen molar-refractivity contribution in [1.82, 2.24) is 10.9 Å². The van der Waals surface area contributed by atoms with Gasteiger partial charge in [-0.05, 0) is 24.6 Å².